The summed E-state index contributed by atoms with van der Waals surface area (Å²) in [5.74, 6) is 0. The number of benzene rings is 1. The number of ether oxygens (including phenoxy) is 1. The Hall–Kier alpha value is -0.860. The summed E-state index contributed by atoms with van der Waals surface area (Å²) in [7, 11) is 0. The van der Waals surface area contributed by atoms with Gasteiger partial charge in [0.1, 0.15) is 0 Å². The zero-order valence-electron chi connectivity index (χ0n) is 12.1. The second-order valence-corrected chi connectivity index (χ2v) is 5.48. The van der Waals surface area contributed by atoms with Gasteiger partial charge in [-0.05, 0) is 37.8 Å². The van der Waals surface area contributed by atoms with Gasteiger partial charge in [-0.15, -0.1) is 0 Å². The van der Waals surface area contributed by atoms with Crippen LogP contribution in [0.5, 0.6) is 0 Å². The molecule has 0 spiro atoms. The highest BCUT2D eigenvalue weighted by molar-refractivity contribution is 5.18. The van der Waals surface area contributed by atoms with Gasteiger partial charge < -0.3 is 10.1 Å². The molecule has 2 rings (SSSR count). The molecule has 2 nitrogen and oxygen atoms in total. The Balaban J connectivity index is 1.79. The van der Waals surface area contributed by atoms with Crippen LogP contribution in [0.25, 0.3) is 0 Å². The average Bonchev–Trinajstić information content (AvgIpc) is 2.97. The van der Waals surface area contributed by atoms with Crippen LogP contribution in [0.3, 0.4) is 0 Å². The van der Waals surface area contributed by atoms with Crippen LogP contribution in [0.1, 0.15) is 57.1 Å². The molecule has 1 heterocycles. The minimum Gasteiger partial charge on any atom is -0.378 e. The fourth-order valence-electron chi connectivity index (χ4n) is 2.77. The van der Waals surface area contributed by atoms with Crippen molar-refractivity contribution < 1.29 is 4.74 Å². The Morgan fingerprint density at radius 2 is 2.16 bits per heavy atom. The van der Waals surface area contributed by atoms with E-state index in [1.807, 2.05) is 0 Å². The molecule has 0 amide bonds. The quantitative estimate of drug-likeness (QED) is 0.761. The molecule has 0 radical (unpaired) electrons. The van der Waals surface area contributed by atoms with Crippen molar-refractivity contribution >= 4 is 0 Å². The number of hydrogen-bond donors (Lipinski definition) is 1. The van der Waals surface area contributed by atoms with E-state index >= 15 is 0 Å². The normalized spacial score (nSPS) is 20.6. The number of hydrogen-bond acceptors (Lipinski definition) is 2. The van der Waals surface area contributed by atoms with Gasteiger partial charge >= 0.3 is 0 Å². The summed E-state index contributed by atoms with van der Waals surface area (Å²) in [5, 5.41) is 3.72. The third kappa shape index (κ3) is 4.96. The minimum atomic E-state index is 0.495. The molecule has 1 N–H and O–H groups in total. The van der Waals surface area contributed by atoms with Gasteiger partial charge in [-0.1, -0.05) is 50.1 Å². The highest BCUT2D eigenvalue weighted by atomic mass is 16.5. The largest absolute Gasteiger partial charge is 0.378 e. The molecular weight excluding hydrogens is 234 g/mol. The molecule has 2 heteroatoms. The van der Waals surface area contributed by atoms with Crippen molar-refractivity contribution in [2.75, 3.05) is 13.2 Å². The number of nitrogens with one attached hydrogen (secondary N) is 1. The van der Waals surface area contributed by atoms with Crippen LogP contribution in [-0.4, -0.2) is 19.3 Å². The molecule has 0 aliphatic carbocycles. The zero-order valence-corrected chi connectivity index (χ0v) is 12.1. The monoisotopic (exact) mass is 261 g/mol. The third-order valence-corrected chi connectivity index (χ3v) is 3.93. The molecular formula is C17H27NO. The molecule has 1 saturated heterocycles. The van der Waals surface area contributed by atoms with E-state index < -0.39 is 0 Å². The van der Waals surface area contributed by atoms with Gasteiger partial charge in [0.05, 0.1) is 6.10 Å². The van der Waals surface area contributed by atoms with Crippen molar-refractivity contribution in [2.45, 2.75) is 57.6 Å². The molecule has 19 heavy (non-hydrogen) atoms. The first-order valence-electron chi connectivity index (χ1n) is 7.80. The van der Waals surface area contributed by atoms with E-state index in [0.29, 0.717) is 12.1 Å². The van der Waals surface area contributed by atoms with Gasteiger partial charge in [0.2, 0.25) is 0 Å². The lowest BCUT2D eigenvalue weighted by molar-refractivity contribution is 0.103. The molecule has 1 fully saturated rings. The summed E-state index contributed by atoms with van der Waals surface area (Å²) in [5.41, 5.74) is 1.42. The summed E-state index contributed by atoms with van der Waals surface area (Å²) >= 11 is 0. The highest BCUT2D eigenvalue weighted by Crippen LogP contribution is 2.20. The van der Waals surface area contributed by atoms with E-state index in [1.54, 1.807) is 0 Å². The Morgan fingerprint density at radius 1 is 1.32 bits per heavy atom. The van der Waals surface area contributed by atoms with Crippen molar-refractivity contribution in [3.8, 4) is 0 Å². The van der Waals surface area contributed by atoms with Gasteiger partial charge in [0, 0.05) is 12.6 Å². The first-order valence-corrected chi connectivity index (χ1v) is 7.80. The van der Waals surface area contributed by atoms with Crippen molar-refractivity contribution in [2.24, 2.45) is 0 Å². The zero-order chi connectivity index (χ0) is 13.3. The summed E-state index contributed by atoms with van der Waals surface area (Å²) in [6.45, 7) is 4.28. The minimum absolute atomic E-state index is 0.495. The average molecular weight is 261 g/mol. The first-order chi connectivity index (χ1) is 9.40. The van der Waals surface area contributed by atoms with Crippen LogP contribution >= 0.6 is 0 Å². The van der Waals surface area contributed by atoms with Crippen LogP contribution in [0.4, 0.5) is 0 Å². The lowest BCUT2D eigenvalue weighted by atomic mass is 10.0. The Kier molecular flexibility index (Phi) is 6.38. The van der Waals surface area contributed by atoms with Crippen LogP contribution in [0.2, 0.25) is 0 Å². The molecule has 1 aromatic rings. The van der Waals surface area contributed by atoms with Crippen molar-refractivity contribution in [3.05, 3.63) is 35.9 Å². The van der Waals surface area contributed by atoms with Crippen LogP contribution in [-0.2, 0) is 4.74 Å². The van der Waals surface area contributed by atoms with E-state index in [0.717, 1.165) is 19.6 Å². The maximum atomic E-state index is 5.68. The third-order valence-electron chi connectivity index (χ3n) is 3.93. The SMILES string of the molecule is CCCCC(NCCC1CCCO1)c1ccccc1. The van der Waals surface area contributed by atoms with Gasteiger partial charge in [0.15, 0.2) is 0 Å². The van der Waals surface area contributed by atoms with E-state index in [1.165, 1.54) is 37.7 Å². The number of rotatable bonds is 8. The predicted molar refractivity (Wildman–Crippen MR) is 80.3 cm³/mol. The van der Waals surface area contributed by atoms with E-state index in [2.05, 4.69) is 42.6 Å². The highest BCUT2D eigenvalue weighted by Gasteiger charge is 2.16. The van der Waals surface area contributed by atoms with Gasteiger partial charge in [-0.2, -0.15) is 0 Å². The summed E-state index contributed by atoms with van der Waals surface area (Å²) < 4.78 is 5.68. The Bertz CT molecular complexity index is 332. The number of unbranched alkanes of at least 4 members (excludes halogenated alkanes) is 1. The van der Waals surface area contributed by atoms with E-state index in [4.69, 9.17) is 4.74 Å². The fraction of sp³-hybridized carbons (Fsp3) is 0.647. The maximum Gasteiger partial charge on any atom is 0.0588 e. The second-order valence-electron chi connectivity index (χ2n) is 5.48. The fourth-order valence-corrected chi connectivity index (χ4v) is 2.77. The summed E-state index contributed by atoms with van der Waals surface area (Å²) in [4.78, 5) is 0. The van der Waals surface area contributed by atoms with Crippen LogP contribution in [0, 0.1) is 0 Å². The predicted octanol–water partition coefficient (Wildman–Crippen LogP) is 4.08. The molecule has 0 aromatic heterocycles. The molecule has 106 valence electrons. The maximum absolute atomic E-state index is 5.68. The molecule has 1 aliphatic heterocycles. The van der Waals surface area contributed by atoms with Crippen LogP contribution in [0.15, 0.2) is 30.3 Å². The van der Waals surface area contributed by atoms with Crippen molar-refractivity contribution in [1.29, 1.82) is 0 Å². The standard InChI is InChI=1S/C17H27NO/c1-2-3-11-17(15-8-5-4-6-9-15)18-13-12-16-10-7-14-19-16/h4-6,8-9,16-18H,2-3,7,10-14H2,1H3. The van der Waals surface area contributed by atoms with Gasteiger partial charge in [-0.3, -0.25) is 0 Å². The molecule has 0 bridgehead atoms. The second kappa shape index (κ2) is 8.34. The topological polar surface area (TPSA) is 21.3 Å². The van der Waals surface area contributed by atoms with E-state index in [-0.39, 0.29) is 0 Å². The summed E-state index contributed by atoms with van der Waals surface area (Å²) in [6.07, 6.45) is 7.90. The van der Waals surface area contributed by atoms with Crippen LogP contribution < -0.4 is 5.32 Å². The molecule has 1 aromatic carbocycles. The Labute approximate surface area is 117 Å². The molecule has 2 atom stereocenters. The van der Waals surface area contributed by atoms with E-state index in [9.17, 15) is 0 Å². The molecule has 2 unspecified atom stereocenters. The lowest BCUT2D eigenvalue weighted by Crippen LogP contribution is -2.25. The van der Waals surface area contributed by atoms with Crippen molar-refractivity contribution in [1.82, 2.24) is 5.32 Å². The van der Waals surface area contributed by atoms with Crippen molar-refractivity contribution in [3.63, 3.8) is 0 Å². The summed E-state index contributed by atoms with van der Waals surface area (Å²) in [6, 6.07) is 11.3. The van der Waals surface area contributed by atoms with Gasteiger partial charge in [0.25, 0.3) is 0 Å². The Morgan fingerprint density at radius 3 is 2.84 bits per heavy atom. The smallest absolute Gasteiger partial charge is 0.0588 e. The molecule has 0 saturated carbocycles. The molecule has 1 aliphatic rings. The first kappa shape index (κ1) is 14.5. The lowest BCUT2D eigenvalue weighted by Gasteiger charge is -2.20. The van der Waals surface area contributed by atoms with Gasteiger partial charge in [-0.25, -0.2) is 0 Å².